The first-order chi connectivity index (χ1) is 17.6. The van der Waals surface area contributed by atoms with Gasteiger partial charge < -0.3 is 9.80 Å². The number of ketones is 1. The third-order valence-corrected chi connectivity index (χ3v) is 7.19. The second kappa shape index (κ2) is 10.8. The summed E-state index contributed by atoms with van der Waals surface area (Å²) in [5.41, 5.74) is 3.72. The number of para-hydroxylation sites is 1. The van der Waals surface area contributed by atoms with Crippen molar-refractivity contribution in [3.63, 3.8) is 0 Å². The van der Waals surface area contributed by atoms with E-state index in [1.807, 2.05) is 94.4 Å². The molecular formula is C28H27N5O2S. The van der Waals surface area contributed by atoms with Crippen LogP contribution in [0.1, 0.15) is 17.3 Å². The van der Waals surface area contributed by atoms with Gasteiger partial charge in [0.15, 0.2) is 16.8 Å². The number of hydrogen-bond acceptors (Lipinski definition) is 6. The summed E-state index contributed by atoms with van der Waals surface area (Å²) in [5, 5.41) is 9.58. The lowest BCUT2D eigenvalue weighted by molar-refractivity contribution is -0.128. The van der Waals surface area contributed by atoms with Gasteiger partial charge in [-0.1, -0.05) is 60.3 Å². The Morgan fingerprint density at radius 1 is 0.778 bits per heavy atom. The molecule has 0 N–H and O–H groups in total. The number of carbonyl (C=O) groups excluding carboxylic acids is 2. The van der Waals surface area contributed by atoms with E-state index in [1.54, 1.807) is 6.92 Å². The molecule has 8 heteroatoms. The Kier molecular flexibility index (Phi) is 7.13. The van der Waals surface area contributed by atoms with Crippen LogP contribution in [0, 0.1) is 0 Å². The summed E-state index contributed by atoms with van der Waals surface area (Å²) in [6.45, 7) is 4.41. The first-order valence-corrected chi connectivity index (χ1v) is 12.9. The molecule has 7 nitrogen and oxygen atoms in total. The van der Waals surface area contributed by atoms with Gasteiger partial charge in [0, 0.05) is 48.7 Å². The molecule has 0 saturated carbocycles. The smallest absolute Gasteiger partial charge is 0.233 e. The van der Waals surface area contributed by atoms with Gasteiger partial charge in [0.25, 0.3) is 0 Å². The maximum Gasteiger partial charge on any atom is 0.233 e. The molecule has 182 valence electrons. The van der Waals surface area contributed by atoms with E-state index in [1.165, 1.54) is 11.8 Å². The molecule has 1 aliphatic rings. The zero-order valence-corrected chi connectivity index (χ0v) is 20.9. The van der Waals surface area contributed by atoms with Crippen molar-refractivity contribution < 1.29 is 9.59 Å². The van der Waals surface area contributed by atoms with E-state index >= 15 is 0 Å². The summed E-state index contributed by atoms with van der Waals surface area (Å²) in [5.74, 6) is 1.21. The Bertz CT molecular complexity index is 1330. The Morgan fingerprint density at radius 3 is 2.06 bits per heavy atom. The molecule has 1 aromatic heterocycles. The summed E-state index contributed by atoms with van der Waals surface area (Å²) >= 11 is 1.41. The number of aromatic nitrogens is 3. The van der Waals surface area contributed by atoms with E-state index in [0.29, 0.717) is 29.6 Å². The molecule has 36 heavy (non-hydrogen) atoms. The summed E-state index contributed by atoms with van der Waals surface area (Å²) in [6, 6.07) is 27.6. The SMILES string of the molecule is CC(=O)c1ccc(N2CCN(C(=O)CSc3nnc(-c4ccccc4)n3-c3ccccc3)CC2)cc1. The van der Waals surface area contributed by atoms with Crippen molar-refractivity contribution in [1.82, 2.24) is 19.7 Å². The lowest BCUT2D eigenvalue weighted by Gasteiger charge is -2.36. The van der Waals surface area contributed by atoms with E-state index in [0.717, 1.165) is 35.9 Å². The molecule has 2 heterocycles. The van der Waals surface area contributed by atoms with E-state index in [9.17, 15) is 9.59 Å². The average Bonchev–Trinajstić information content (AvgIpc) is 3.37. The Labute approximate surface area is 214 Å². The highest BCUT2D eigenvalue weighted by Gasteiger charge is 2.23. The zero-order valence-electron chi connectivity index (χ0n) is 20.1. The van der Waals surface area contributed by atoms with Crippen molar-refractivity contribution in [2.45, 2.75) is 12.1 Å². The molecule has 0 bridgehead atoms. The minimum atomic E-state index is 0.0634. The van der Waals surface area contributed by atoms with Gasteiger partial charge in [-0.05, 0) is 43.3 Å². The molecule has 3 aromatic carbocycles. The van der Waals surface area contributed by atoms with E-state index in [4.69, 9.17) is 0 Å². The topological polar surface area (TPSA) is 71.3 Å². The Balaban J connectivity index is 1.24. The van der Waals surface area contributed by atoms with Crippen molar-refractivity contribution >= 4 is 29.1 Å². The summed E-state index contributed by atoms with van der Waals surface area (Å²) in [7, 11) is 0. The standard InChI is InChI=1S/C28H27N5O2S/c1-21(34)22-12-14-24(15-13-22)31-16-18-32(19-17-31)26(35)20-36-28-30-29-27(23-8-4-2-5-9-23)33(28)25-10-6-3-7-11-25/h2-15H,16-20H2,1H3. The molecule has 4 aromatic rings. The van der Waals surface area contributed by atoms with E-state index in [-0.39, 0.29) is 11.7 Å². The van der Waals surface area contributed by atoms with Crippen molar-refractivity contribution in [3.8, 4) is 17.1 Å². The summed E-state index contributed by atoms with van der Waals surface area (Å²) in [6.07, 6.45) is 0. The highest BCUT2D eigenvalue weighted by molar-refractivity contribution is 7.99. The number of hydrogen-bond donors (Lipinski definition) is 0. The van der Waals surface area contributed by atoms with Crippen LogP contribution in [-0.2, 0) is 4.79 Å². The van der Waals surface area contributed by atoms with Gasteiger partial charge in [0.2, 0.25) is 5.91 Å². The van der Waals surface area contributed by atoms with Gasteiger partial charge in [-0.15, -0.1) is 10.2 Å². The van der Waals surface area contributed by atoms with Crippen molar-refractivity contribution in [1.29, 1.82) is 0 Å². The third kappa shape index (κ3) is 5.18. The fraction of sp³-hybridized carbons (Fsp3) is 0.214. The lowest BCUT2D eigenvalue weighted by Crippen LogP contribution is -2.49. The molecule has 0 spiro atoms. The van der Waals surface area contributed by atoms with Crippen LogP contribution in [0.3, 0.4) is 0 Å². The molecule has 1 aliphatic heterocycles. The molecule has 1 saturated heterocycles. The zero-order chi connectivity index (χ0) is 24.9. The van der Waals surface area contributed by atoms with Gasteiger partial charge in [-0.3, -0.25) is 14.2 Å². The molecule has 1 amide bonds. The second-order valence-corrected chi connectivity index (χ2v) is 9.55. The fourth-order valence-corrected chi connectivity index (χ4v) is 5.14. The second-order valence-electron chi connectivity index (χ2n) is 8.60. The van der Waals surface area contributed by atoms with Crippen LogP contribution in [0.5, 0.6) is 0 Å². The quantitative estimate of drug-likeness (QED) is 0.275. The summed E-state index contributed by atoms with van der Waals surface area (Å²) in [4.78, 5) is 28.7. The number of amides is 1. The summed E-state index contributed by atoms with van der Waals surface area (Å²) < 4.78 is 2.01. The largest absolute Gasteiger partial charge is 0.368 e. The van der Waals surface area contributed by atoms with Crippen molar-refractivity contribution in [2.75, 3.05) is 36.8 Å². The maximum atomic E-state index is 13.1. The van der Waals surface area contributed by atoms with Gasteiger partial charge >= 0.3 is 0 Å². The van der Waals surface area contributed by atoms with Crippen molar-refractivity contribution in [3.05, 3.63) is 90.5 Å². The predicted octanol–water partition coefficient (Wildman–Crippen LogP) is 4.58. The van der Waals surface area contributed by atoms with E-state index in [2.05, 4.69) is 15.1 Å². The normalized spacial score (nSPS) is 13.6. The fourth-order valence-electron chi connectivity index (χ4n) is 4.29. The minimum Gasteiger partial charge on any atom is -0.368 e. The van der Waals surface area contributed by atoms with Crippen LogP contribution in [-0.4, -0.2) is 63.3 Å². The predicted molar refractivity (Wildman–Crippen MR) is 143 cm³/mol. The number of anilines is 1. The first-order valence-electron chi connectivity index (χ1n) is 11.9. The third-order valence-electron chi connectivity index (χ3n) is 6.28. The number of nitrogens with zero attached hydrogens (tertiary/aromatic N) is 5. The number of piperazine rings is 1. The molecule has 5 rings (SSSR count). The molecule has 0 aliphatic carbocycles. The molecule has 0 radical (unpaired) electrons. The van der Waals surface area contributed by atoms with Crippen LogP contribution in [0.2, 0.25) is 0 Å². The van der Waals surface area contributed by atoms with Crippen molar-refractivity contribution in [2.24, 2.45) is 0 Å². The Hall–Kier alpha value is -3.91. The minimum absolute atomic E-state index is 0.0634. The van der Waals surface area contributed by atoms with Crippen LogP contribution in [0.25, 0.3) is 17.1 Å². The number of Topliss-reactive ketones (excluding diaryl/α,β-unsaturated/α-hetero) is 1. The number of rotatable bonds is 7. The average molecular weight is 498 g/mol. The Morgan fingerprint density at radius 2 is 1.42 bits per heavy atom. The van der Waals surface area contributed by atoms with Crippen LogP contribution in [0.15, 0.2) is 90.1 Å². The molecule has 0 unspecified atom stereocenters. The van der Waals surface area contributed by atoms with Crippen LogP contribution in [0.4, 0.5) is 5.69 Å². The van der Waals surface area contributed by atoms with Gasteiger partial charge in [0.05, 0.1) is 5.75 Å². The molecule has 1 fully saturated rings. The number of benzene rings is 3. The highest BCUT2D eigenvalue weighted by Crippen LogP contribution is 2.28. The molecule has 0 atom stereocenters. The number of carbonyl (C=O) groups is 2. The lowest BCUT2D eigenvalue weighted by atomic mass is 10.1. The van der Waals surface area contributed by atoms with Gasteiger partial charge in [-0.25, -0.2) is 0 Å². The molecular weight excluding hydrogens is 470 g/mol. The van der Waals surface area contributed by atoms with Crippen LogP contribution < -0.4 is 4.90 Å². The number of thioether (sulfide) groups is 1. The maximum absolute atomic E-state index is 13.1. The van der Waals surface area contributed by atoms with Gasteiger partial charge in [0.1, 0.15) is 0 Å². The highest BCUT2D eigenvalue weighted by atomic mass is 32.2. The van der Waals surface area contributed by atoms with E-state index < -0.39 is 0 Å². The monoisotopic (exact) mass is 497 g/mol. The van der Waals surface area contributed by atoms with Crippen LogP contribution >= 0.6 is 11.8 Å². The van der Waals surface area contributed by atoms with Gasteiger partial charge in [-0.2, -0.15) is 0 Å². The first kappa shape index (κ1) is 23.8.